The number of hydrazone groups is 2. The summed E-state index contributed by atoms with van der Waals surface area (Å²) in [6.45, 7) is 7.07. The van der Waals surface area contributed by atoms with E-state index in [0.29, 0.717) is 40.6 Å². The second-order valence-electron chi connectivity index (χ2n) is 4.17. The molecule has 10 heteroatoms. The van der Waals surface area contributed by atoms with Gasteiger partial charge in [-0.15, -0.1) is 0 Å². The van der Waals surface area contributed by atoms with Crippen LogP contribution in [0.15, 0.2) is 28.7 Å². The molecule has 0 bridgehead atoms. The lowest BCUT2D eigenvalue weighted by atomic mass is 10.2. The predicted octanol–water partition coefficient (Wildman–Crippen LogP) is 0.525. The van der Waals surface area contributed by atoms with Crippen LogP contribution in [-0.4, -0.2) is 44.7 Å². The van der Waals surface area contributed by atoms with Crippen LogP contribution in [0.4, 0.5) is 0 Å². The van der Waals surface area contributed by atoms with Gasteiger partial charge < -0.3 is 10.6 Å². The molecule has 0 spiro atoms. The maximum absolute atomic E-state index is 5.09. The minimum absolute atomic E-state index is 0.407. The summed E-state index contributed by atoms with van der Waals surface area (Å²) >= 11 is 10.2. The van der Waals surface area contributed by atoms with E-state index in [1.165, 1.54) is 0 Å². The van der Waals surface area contributed by atoms with E-state index in [1.54, 1.807) is 25.4 Å². The smallest absolute Gasteiger partial charge is 0.186 e. The number of nitrogens with one attached hydrogen (secondary N) is 4. The van der Waals surface area contributed by atoms with Crippen LogP contribution in [0.5, 0.6) is 0 Å². The van der Waals surface area contributed by atoms with Crippen molar-refractivity contribution >= 4 is 46.1 Å². The Morgan fingerprint density at radius 3 is 2.04 bits per heavy atom. The van der Waals surface area contributed by atoms with Gasteiger partial charge in [-0.1, -0.05) is 0 Å². The monoisotopic (exact) mass is 352 g/mol. The normalized spacial score (nSPS) is 11.6. The Morgan fingerprint density at radius 1 is 1.00 bits per heavy atom. The fourth-order valence-electron chi connectivity index (χ4n) is 1.41. The first-order valence-corrected chi connectivity index (χ1v) is 7.87. The van der Waals surface area contributed by atoms with E-state index in [0.717, 1.165) is 0 Å². The van der Waals surface area contributed by atoms with E-state index in [1.807, 2.05) is 13.8 Å². The van der Waals surface area contributed by atoms with Crippen LogP contribution < -0.4 is 21.5 Å². The third-order valence-electron chi connectivity index (χ3n) is 2.39. The molecule has 0 fully saturated rings. The van der Waals surface area contributed by atoms with Gasteiger partial charge >= 0.3 is 0 Å². The van der Waals surface area contributed by atoms with Crippen molar-refractivity contribution in [3.8, 4) is 0 Å². The number of hydrogen-bond donors (Lipinski definition) is 4. The topological polar surface area (TPSA) is 98.6 Å². The van der Waals surface area contributed by atoms with E-state index in [9.17, 15) is 0 Å². The minimum Gasteiger partial charge on any atom is -0.362 e. The van der Waals surface area contributed by atoms with Crippen LogP contribution in [0.2, 0.25) is 0 Å². The first-order valence-electron chi connectivity index (χ1n) is 7.05. The van der Waals surface area contributed by atoms with Crippen molar-refractivity contribution < 1.29 is 0 Å². The molecule has 0 aliphatic rings. The molecule has 4 N–H and O–H groups in total. The van der Waals surface area contributed by atoms with Gasteiger partial charge in [0.15, 0.2) is 21.8 Å². The van der Waals surface area contributed by atoms with E-state index in [-0.39, 0.29) is 0 Å². The highest BCUT2D eigenvalue weighted by atomic mass is 32.1. The summed E-state index contributed by atoms with van der Waals surface area (Å²) in [5.41, 5.74) is 6.50. The minimum atomic E-state index is 0.407. The Labute approximate surface area is 146 Å². The van der Waals surface area contributed by atoms with Gasteiger partial charge in [0.1, 0.15) is 0 Å². The molecule has 0 aromatic carbocycles. The second kappa shape index (κ2) is 10.5. The van der Waals surface area contributed by atoms with Gasteiger partial charge in [-0.05, 0) is 51.3 Å². The standard InChI is InChI=1S/C13H20N8S2/c1-4-14-12(22)20-18-9(3)10(11-16-7-6-8-17-11)19-21-13(23)15-5-2/h6-8H,4-5H2,1-3H3,(H2,14,20,22)(H2,15,21,23). The molecule has 8 nitrogen and oxygen atoms in total. The number of rotatable bonds is 6. The Morgan fingerprint density at radius 2 is 1.52 bits per heavy atom. The lowest BCUT2D eigenvalue weighted by Gasteiger charge is -2.09. The zero-order chi connectivity index (χ0) is 17.1. The van der Waals surface area contributed by atoms with Crippen LogP contribution in [0, 0.1) is 0 Å². The van der Waals surface area contributed by atoms with Crippen molar-refractivity contribution in [2.45, 2.75) is 20.8 Å². The van der Waals surface area contributed by atoms with E-state index in [4.69, 9.17) is 24.4 Å². The van der Waals surface area contributed by atoms with Gasteiger partial charge in [0.25, 0.3) is 0 Å². The molecule has 1 aromatic rings. The molecular formula is C13H20N8S2. The van der Waals surface area contributed by atoms with Crippen LogP contribution in [-0.2, 0) is 0 Å². The van der Waals surface area contributed by atoms with Crippen molar-refractivity contribution in [2.75, 3.05) is 13.1 Å². The summed E-state index contributed by atoms with van der Waals surface area (Å²) in [6.07, 6.45) is 3.26. The molecule has 1 heterocycles. The highest BCUT2D eigenvalue weighted by Crippen LogP contribution is 1.95. The van der Waals surface area contributed by atoms with Crippen molar-refractivity contribution in [3.05, 3.63) is 24.3 Å². The Hall–Kier alpha value is -2.20. The van der Waals surface area contributed by atoms with E-state index >= 15 is 0 Å². The average Bonchev–Trinajstić information content (AvgIpc) is 2.54. The third kappa shape index (κ3) is 7.06. The number of aromatic nitrogens is 2. The van der Waals surface area contributed by atoms with E-state index in [2.05, 4.69) is 41.7 Å². The van der Waals surface area contributed by atoms with Crippen LogP contribution in [0.1, 0.15) is 26.6 Å². The molecule has 1 rings (SSSR count). The zero-order valence-corrected chi connectivity index (χ0v) is 14.9. The summed E-state index contributed by atoms with van der Waals surface area (Å²) in [5.74, 6) is 0.428. The van der Waals surface area contributed by atoms with Crippen LogP contribution in [0.3, 0.4) is 0 Å². The summed E-state index contributed by atoms with van der Waals surface area (Å²) < 4.78 is 0. The molecule has 124 valence electrons. The number of hydrogen-bond acceptors (Lipinski definition) is 6. The van der Waals surface area contributed by atoms with Gasteiger partial charge in [-0.3, -0.25) is 10.9 Å². The number of nitrogens with zero attached hydrogens (tertiary/aromatic N) is 4. The fraction of sp³-hybridized carbons (Fsp3) is 0.385. The highest BCUT2D eigenvalue weighted by Gasteiger charge is 2.11. The lowest BCUT2D eigenvalue weighted by Crippen LogP contribution is -2.35. The lowest BCUT2D eigenvalue weighted by molar-refractivity contribution is 0.895. The Bertz CT molecular complexity index is 585. The van der Waals surface area contributed by atoms with Gasteiger partial charge in [-0.2, -0.15) is 10.2 Å². The average molecular weight is 352 g/mol. The SMILES string of the molecule is CCNC(=S)NN=C(C)C(=NNC(=S)NCC)c1ncccn1. The molecule has 0 saturated carbocycles. The zero-order valence-electron chi connectivity index (χ0n) is 13.3. The third-order valence-corrected chi connectivity index (χ3v) is 2.86. The first kappa shape index (κ1) is 18.8. The van der Waals surface area contributed by atoms with Gasteiger partial charge in [0, 0.05) is 25.5 Å². The van der Waals surface area contributed by atoms with Crippen molar-refractivity contribution in [3.63, 3.8) is 0 Å². The summed E-state index contributed by atoms with van der Waals surface area (Å²) in [7, 11) is 0. The summed E-state index contributed by atoms with van der Waals surface area (Å²) in [4.78, 5) is 8.37. The fourth-order valence-corrected chi connectivity index (χ4v) is 1.79. The highest BCUT2D eigenvalue weighted by molar-refractivity contribution is 7.80. The van der Waals surface area contributed by atoms with E-state index < -0.39 is 0 Å². The predicted molar refractivity (Wildman–Crippen MR) is 100 cm³/mol. The maximum atomic E-state index is 5.09. The van der Waals surface area contributed by atoms with Gasteiger partial charge in [0.2, 0.25) is 0 Å². The molecule has 0 radical (unpaired) electrons. The molecule has 0 unspecified atom stereocenters. The Balaban J connectivity index is 2.95. The maximum Gasteiger partial charge on any atom is 0.186 e. The molecular weight excluding hydrogens is 332 g/mol. The molecule has 0 saturated heterocycles. The summed E-state index contributed by atoms with van der Waals surface area (Å²) in [5, 5.41) is 15.2. The van der Waals surface area contributed by atoms with Gasteiger partial charge in [0.05, 0.1) is 5.71 Å². The molecule has 0 atom stereocenters. The Kier molecular flexibility index (Phi) is 8.62. The number of thiocarbonyl (C=S) groups is 2. The van der Waals surface area contributed by atoms with Crippen molar-refractivity contribution in [1.82, 2.24) is 31.5 Å². The van der Waals surface area contributed by atoms with Crippen molar-refractivity contribution in [2.24, 2.45) is 10.2 Å². The molecule has 0 aliphatic carbocycles. The van der Waals surface area contributed by atoms with Crippen LogP contribution >= 0.6 is 24.4 Å². The molecule has 0 amide bonds. The molecule has 1 aromatic heterocycles. The molecule has 0 aliphatic heterocycles. The molecule has 23 heavy (non-hydrogen) atoms. The largest absolute Gasteiger partial charge is 0.362 e. The quantitative estimate of drug-likeness (QED) is 0.334. The first-order chi connectivity index (χ1) is 11.1. The van der Waals surface area contributed by atoms with Crippen LogP contribution in [0.25, 0.3) is 0 Å². The second-order valence-corrected chi connectivity index (χ2v) is 4.99. The van der Waals surface area contributed by atoms with Crippen molar-refractivity contribution in [1.29, 1.82) is 0 Å². The van der Waals surface area contributed by atoms with Gasteiger partial charge in [-0.25, -0.2) is 9.97 Å². The summed E-state index contributed by atoms with van der Waals surface area (Å²) in [6, 6.07) is 1.73.